The van der Waals surface area contributed by atoms with Gasteiger partial charge in [-0.25, -0.2) is 0 Å². The molecule has 2 amide bonds. The van der Waals surface area contributed by atoms with Crippen LogP contribution in [0, 0.1) is 11.8 Å². The van der Waals surface area contributed by atoms with Crippen molar-refractivity contribution in [3.05, 3.63) is 65.7 Å². The standard InChI is InChI=1S/C32H40N2O7/c1-21(33-30(37)24-13-15-40-16-14-24)28(35)19-25(17-23-9-11-26(39-3)12-10-23)31(38)34-27(29(36)32(2)20-41-32)18-22-7-5-4-6-8-22/h4-12,21,24-25,27H,13-20H2,1-3H3,(H,33,37)(H,34,38)/t21-,25-,27+,32-/m1/s1. The fourth-order valence-corrected chi connectivity index (χ4v) is 5.06. The first-order chi connectivity index (χ1) is 19.7. The molecule has 9 nitrogen and oxygen atoms in total. The summed E-state index contributed by atoms with van der Waals surface area (Å²) in [5.41, 5.74) is 0.834. The largest absolute Gasteiger partial charge is 0.497 e. The monoisotopic (exact) mass is 564 g/mol. The minimum absolute atomic E-state index is 0.0902. The van der Waals surface area contributed by atoms with Crippen LogP contribution < -0.4 is 15.4 Å². The van der Waals surface area contributed by atoms with Crippen molar-refractivity contribution in [2.75, 3.05) is 26.9 Å². The Morgan fingerprint density at radius 1 is 0.951 bits per heavy atom. The molecule has 0 bridgehead atoms. The second-order valence-electron chi connectivity index (χ2n) is 11.2. The van der Waals surface area contributed by atoms with Crippen molar-refractivity contribution in [1.82, 2.24) is 10.6 Å². The Balaban J connectivity index is 1.49. The molecule has 2 N–H and O–H groups in total. The number of ether oxygens (including phenoxy) is 3. The molecule has 41 heavy (non-hydrogen) atoms. The number of carbonyl (C=O) groups is 4. The Morgan fingerprint density at radius 3 is 2.20 bits per heavy atom. The number of methoxy groups -OCH3 is 1. The zero-order valence-corrected chi connectivity index (χ0v) is 24.0. The average molecular weight is 565 g/mol. The summed E-state index contributed by atoms with van der Waals surface area (Å²) in [6.45, 7) is 4.73. The number of rotatable bonds is 14. The number of carbonyl (C=O) groups excluding carboxylic acids is 4. The number of ketones is 2. The van der Waals surface area contributed by atoms with Crippen LogP contribution in [-0.4, -0.2) is 68.0 Å². The van der Waals surface area contributed by atoms with Crippen LogP contribution in [-0.2, 0) is 41.5 Å². The normalized spacial score (nSPS) is 20.8. The maximum atomic E-state index is 13.8. The summed E-state index contributed by atoms with van der Waals surface area (Å²) in [6, 6.07) is 15.2. The Kier molecular flexibility index (Phi) is 10.3. The van der Waals surface area contributed by atoms with Crippen LogP contribution in [0.3, 0.4) is 0 Å². The quantitative estimate of drug-likeness (QED) is 0.338. The van der Waals surface area contributed by atoms with Gasteiger partial charge in [0.2, 0.25) is 11.8 Å². The zero-order chi connectivity index (χ0) is 29.4. The first-order valence-corrected chi connectivity index (χ1v) is 14.2. The molecule has 0 aromatic heterocycles. The highest BCUT2D eigenvalue weighted by Gasteiger charge is 2.50. The molecule has 0 aliphatic carbocycles. The van der Waals surface area contributed by atoms with Gasteiger partial charge in [-0.15, -0.1) is 0 Å². The third-order valence-electron chi connectivity index (χ3n) is 7.91. The molecule has 9 heteroatoms. The van der Waals surface area contributed by atoms with Crippen LogP contribution in [0.15, 0.2) is 54.6 Å². The van der Waals surface area contributed by atoms with E-state index in [1.54, 1.807) is 33.1 Å². The zero-order valence-electron chi connectivity index (χ0n) is 24.0. The highest BCUT2D eigenvalue weighted by atomic mass is 16.6. The van der Waals surface area contributed by atoms with E-state index >= 15 is 0 Å². The second kappa shape index (κ2) is 13.9. The van der Waals surface area contributed by atoms with Crippen molar-refractivity contribution < 1.29 is 33.4 Å². The third-order valence-corrected chi connectivity index (χ3v) is 7.91. The van der Waals surface area contributed by atoms with Gasteiger partial charge in [0, 0.05) is 31.5 Å². The number of nitrogens with one attached hydrogen (secondary N) is 2. The molecule has 0 unspecified atom stereocenters. The smallest absolute Gasteiger partial charge is 0.224 e. The van der Waals surface area contributed by atoms with Gasteiger partial charge in [0.15, 0.2) is 11.6 Å². The van der Waals surface area contributed by atoms with E-state index in [-0.39, 0.29) is 36.2 Å². The Labute approximate surface area is 241 Å². The van der Waals surface area contributed by atoms with E-state index < -0.39 is 29.5 Å². The molecule has 0 radical (unpaired) electrons. The van der Waals surface area contributed by atoms with Gasteiger partial charge >= 0.3 is 0 Å². The molecular formula is C32H40N2O7. The first-order valence-electron chi connectivity index (χ1n) is 14.2. The summed E-state index contributed by atoms with van der Waals surface area (Å²) in [7, 11) is 1.58. The van der Waals surface area contributed by atoms with Crippen molar-refractivity contribution in [3.8, 4) is 5.75 Å². The molecule has 2 saturated heterocycles. The lowest BCUT2D eigenvalue weighted by atomic mass is 9.89. The summed E-state index contributed by atoms with van der Waals surface area (Å²) in [5, 5.41) is 5.77. The van der Waals surface area contributed by atoms with Crippen molar-refractivity contribution in [2.45, 2.75) is 63.6 Å². The van der Waals surface area contributed by atoms with E-state index in [1.165, 1.54) is 0 Å². The van der Waals surface area contributed by atoms with E-state index in [4.69, 9.17) is 14.2 Å². The molecule has 2 fully saturated rings. The summed E-state index contributed by atoms with van der Waals surface area (Å²) in [6.07, 6.45) is 1.74. The van der Waals surface area contributed by atoms with Gasteiger partial charge in [0.1, 0.15) is 11.4 Å². The van der Waals surface area contributed by atoms with E-state index in [0.717, 1.165) is 11.1 Å². The van der Waals surface area contributed by atoms with Crippen LogP contribution in [0.1, 0.15) is 44.2 Å². The number of hydrogen-bond donors (Lipinski definition) is 2. The molecule has 2 aromatic rings. The molecular weight excluding hydrogens is 524 g/mol. The second-order valence-corrected chi connectivity index (χ2v) is 11.2. The van der Waals surface area contributed by atoms with Gasteiger partial charge in [-0.1, -0.05) is 42.5 Å². The average Bonchev–Trinajstić information content (AvgIpc) is 3.75. The minimum Gasteiger partial charge on any atom is -0.497 e. The van der Waals surface area contributed by atoms with Gasteiger partial charge in [-0.05, 0) is 62.8 Å². The highest BCUT2D eigenvalue weighted by Crippen LogP contribution is 2.29. The number of benzene rings is 2. The van der Waals surface area contributed by atoms with Gasteiger partial charge in [-0.2, -0.15) is 0 Å². The summed E-state index contributed by atoms with van der Waals surface area (Å²) >= 11 is 0. The lowest BCUT2D eigenvalue weighted by Crippen LogP contribution is -2.50. The maximum Gasteiger partial charge on any atom is 0.224 e. The van der Waals surface area contributed by atoms with E-state index in [9.17, 15) is 19.2 Å². The molecule has 0 saturated carbocycles. The van der Waals surface area contributed by atoms with Crippen molar-refractivity contribution in [1.29, 1.82) is 0 Å². The Bertz CT molecular complexity index is 1200. The number of epoxide rings is 1. The molecule has 0 spiro atoms. The first kappa shape index (κ1) is 30.4. The Hall–Kier alpha value is -3.56. The Morgan fingerprint density at radius 2 is 1.59 bits per heavy atom. The molecule has 2 heterocycles. The molecule has 4 rings (SSSR count). The van der Waals surface area contributed by atoms with Crippen LogP contribution in [0.2, 0.25) is 0 Å². The van der Waals surface area contributed by atoms with Crippen molar-refractivity contribution in [2.24, 2.45) is 11.8 Å². The summed E-state index contributed by atoms with van der Waals surface area (Å²) in [5.74, 6) is -1.26. The SMILES string of the molecule is COc1ccc(C[C@H](CC(=O)[C@@H](C)NC(=O)C2CCOCC2)C(=O)N[C@@H](Cc2ccccc2)C(=O)[C@@]2(C)CO2)cc1. The predicted octanol–water partition coefficient (Wildman–Crippen LogP) is 2.83. The molecule has 2 aliphatic heterocycles. The summed E-state index contributed by atoms with van der Waals surface area (Å²) in [4.78, 5) is 53.2. The minimum atomic E-state index is -0.920. The topological polar surface area (TPSA) is 123 Å². The summed E-state index contributed by atoms with van der Waals surface area (Å²) < 4.78 is 16.0. The number of amides is 2. The molecule has 220 valence electrons. The van der Waals surface area contributed by atoms with Crippen LogP contribution in [0.25, 0.3) is 0 Å². The van der Waals surface area contributed by atoms with E-state index in [2.05, 4.69) is 10.6 Å². The van der Waals surface area contributed by atoms with Gasteiger partial charge in [-0.3, -0.25) is 19.2 Å². The van der Waals surface area contributed by atoms with Crippen LogP contribution in [0.5, 0.6) is 5.75 Å². The van der Waals surface area contributed by atoms with Crippen LogP contribution in [0.4, 0.5) is 0 Å². The molecule has 4 atom stereocenters. The van der Waals surface area contributed by atoms with Crippen molar-refractivity contribution >= 4 is 23.4 Å². The lowest BCUT2D eigenvalue weighted by Gasteiger charge is -2.25. The maximum absolute atomic E-state index is 13.8. The third kappa shape index (κ3) is 8.47. The molecule has 2 aromatic carbocycles. The molecule has 2 aliphatic rings. The highest BCUT2D eigenvalue weighted by molar-refractivity contribution is 5.98. The van der Waals surface area contributed by atoms with Gasteiger partial charge in [0.05, 0.1) is 25.8 Å². The van der Waals surface area contributed by atoms with Gasteiger partial charge in [0.25, 0.3) is 0 Å². The van der Waals surface area contributed by atoms with Crippen LogP contribution >= 0.6 is 0 Å². The number of hydrogen-bond acceptors (Lipinski definition) is 7. The van der Waals surface area contributed by atoms with Crippen molar-refractivity contribution in [3.63, 3.8) is 0 Å². The fourth-order valence-electron chi connectivity index (χ4n) is 5.06. The van der Waals surface area contributed by atoms with E-state index in [1.807, 2.05) is 42.5 Å². The van der Waals surface area contributed by atoms with E-state index in [0.29, 0.717) is 44.8 Å². The lowest BCUT2D eigenvalue weighted by molar-refractivity contribution is -0.135. The fraction of sp³-hybridized carbons (Fsp3) is 0.500. The predicted molar refractivity (Wildman–Crippen MR) is 152 cm³/mol. The number of Topliss-reactive ketones (excluding diaryl/α,β-unsaturated/α-hetero) is 2. The van der Waals surface area contributed by atoms with Gasteiger partial charge < -0.3 is 24.8 Å².